The summed E-state index contributed by atoms with van der Waals surface area (Å²) in [6, 6.07) is 2.84. The number of nitrogens with zero attached hydrogens (tertiary/aromatic N) is 2. The highest BCUT2D eigenvalue weighted by Crippen LogP contribution is 2.18. The van der Waals surface area contributed by atoms with Crippen LogP contribution in [0.4, 0.5) is 0 Å². The highest BCUT2D eigenvalue weighted by Gasteiger charge is 2.23. The van der Waals surface area contributed by atoms with Gasteiger partial charge < -0.3 is 9.73 Å². The van der Waals surface area contributed by atoms with E-state index in [9.17, 15) is 0 Å². The van der Waals surface area contributed by atoms with E-state index in [1.54, 1.807) is 0 Å². The number of hydrogen-bond acceptors (Lipinski definition) is 4. The number of hydrogen-bond donors (Lipinski definition) is 1. The van der Waals surface area contributed by atoms with Gasteiger partial charge in [0.15, 0.2) is 0 Å². The van der Waals surface area contributed by atoms with Gasteiger partial charge in [-0.1, -0.05) is 6.92 Å². The normalized spacial score (nSPS) is 22.0. The van der Waals surface area contributed by atoms with Gasteiger partial charge in [0.1, 0.15) is 11.5 Å². The molecule has 1 aliphatic heterocycles. The molecule has 1 aromatic rings. The highest BCUT2D eigenvalue weighted by atomic mass is 16.3. The number of aryl methyl sites for hydroxylation is 1. The molecule has 0 spiro atoms. The molecule has 2 heterocycles. The minimum atomic E-state index is 0.645. The van der Waals surface area contributed by atoms with Gasteiger partial charge in [-0.2, -0.15) is 0 Å². The molecule has 0 bridgehead atoms. The van der Waals surface area contributed by atoms with E-state index in [1.807, 2.05) is 14.0 Å². The summed E-state index contributed by atoms with van der Waals surface area (Å²) in [6.45, 7) is 13.0. The monoisotopic (exact) mass is 265 g/mol. The van der Waals surface area contributed by atoms with E-state index in [4.69, 9.17) is 4.42 Å². The second kappa shape index (κ2) is 6.55. The molecule has 0 radical (unpaired) electrons. The van der Waals surface area contributed by atoms with Gasteiger partial charge >= 0.3 is 0 Å². The van der Waals surface area contributed by atoms with Gasteiger partial charge in [-0.15, -0.1) is 0 Å². The van der Waals surface area contributed by atoms with Gasteiger partial charge in [-0.3, -0.25) is 9.80 Å². The van der Waals surface area contributed by atoms with Crippen LogP contribution >= 0.6 is 0 Å². The van der Waals surface area contributed by atoms with Crippen LogP contribution in [0.3, 0.4) is 0 Å². The number of likely N-dealkylation sites (N-methyl/N-ethyl adjacent to an activating group) is 1. The molecule has 1 unspecified atom stereocenters. The van der Waals surface area contributed by atoms with E-state index in [1.165, 1.54) is 12.1 Å². The minimum absolute atomic E-state index is 0.645. The molecule has 4 heteroatoms. The largest absolute Gasteiger partial charge is 0.465 e. The maximum atomic E-state index is 5.86. The SMILES string of the molecule is CCN1CCN(Cc2cc(CNC)c(C)o2)CC1C. The summed E-state index contributed by atoms with van der Waals surface area (Å²) in [5.41, 5.74) is 1.28. The van der Waals surface area contributed by atoms with E-state index in [0.717, 1.165) is 44.2 Å². The van der Waals surface area contributed by atoms with Crippen LogP contribution in [0, 0.1) is 6.92 Å². The van der Waals surface area contributed by atoms with Crippen molar-refractivity contribution in [3.05, 3.63) is 23.2 Å². The van der Waals surface area contributed by atoms with Crippen molar-refractivity contribution in [1.82, 2.24) is 15.1 Å². The average molecular weight is 265 g/mol. The smallest absolute Gasteiger partial charge is 0.118 e. The molecular formula is C15H27N3O. The predicted octanol–water partition coefficient (Wildman–Crippen LogP) is 1.83. The Morgan fingerprint density at radius 3 is 2.84 bits per heavy atom. The lowest BCUT2D eigenvalue weighted by atomic mass is 10.2. The summed E-state index contributed by atoms with van der Waals surface area (Å²) in [7, 11) is 1.97. The maximum absolute atomic E-state index is 5.86. The van der Waals surface area contributed by atoms with Gasteiger partial charge in [-0.25, -0.2) is 0 Å². The van der Waals surface area contributed by atoms with Crippen LogP contribution in [0.1, 0.15) is 30.9 Å². The molecule has 0 amide bonds. The van der Waals surface area contributed by atoms with Crippen LogP contribution in [0.5, 0.6) is 0 Å². The minimum Gasteiger partial charge on any atom is -0.465 e. The van der Waals surface area contributed by atoms with Gasteiger partial charge in [0.25, 0.3) is 0 Å². The molecule has 1 fully saturated rings. The second-order valence-electron chi connectivity index (χ2n) is 5.54. The Balaban J connectivity index is 1.93. The van der Waals surface area contributed by atoms with Crippen LogP contribution in [-0.2, 0) is 13.1 Å². The summed E-state index contributed by atoms with van der Waals surface area (Å²) in [5.74, 6) is 2.14. The standard InChI is InChI=1S/C15H27N3O/c1-5-18-7-6-17(10-12(18)2)11-15-8-14(9-16-4)13(3)19-15/h8,12,16H,5-7,9-11H2,1-4H3. The molecule has 2 rings (SSSR count). The Bertz CT molecular complexity index is 402. The number of rotatable bonds is 5. The Morgan fingerprint density at radius 1 is 1.42 bits per heavy atom. The van der Waals surface area contributed by atoms with Crippen molar-refractivity contribution in [2.45, 2.75) is 39.9 Å². The van der Waals surface area contributed by atoms with E-state index < -0.39 is 0 Å². The quantitative estimate of drug-likeness (QED) is 0.880. The summed E-state index contributed by atoms with van der Waals surface area (Å²) in [5, 5.41) is 3.18. The van der Waals surface area contributed by atoms with Gasteiger partial charge in [-0.05, 0) is 33.5 Å². The summed E-state index contributed by atoms with van der Waals surface area (Å²) < 4.78 is 5.86. The van der Waals surface area contributed by atoms with Crippen LogP contribution in [0.2, 0.25) is 0 Å². The number of nitrogens with one attached hydrogen (secondary N) is 1. The third kappa shape index (κ3) is 3.59. The molecule has 1 saturated heterocycles. The molecule has 1 N–H and O–H groups in total. The number of piperazine rings is 1. The first-order valence-corrected chi connectivity index (χ1v) is 7.33. The molecular weight excluding hydrogens is 238 g/mol. The average Bonchev–Trinajstić information content (AvgIpc) is 2.70. The van der Waals surface area contributed by atoms with E-state index in [-0.39, 0.29) is 0 Å². The van der Waals surface area contributed by atoms with Gasteiger partial charge in [0.2, 0.25) is 0 Å². The highest BCUT2D eigenvalue weighted by molar-refractivity contribution is 5.20. The fraction of sp³-hybridized carbons (Fsp3) is 0.733. The second-order valence-corrected chi connectivity index (χ2v) is 5.54. The molecule has 0 aromatic carbocycles. The van der Waals surface area contributed by atoms with Gasteiger partial charge in [0, 0.05) is 37.8 Å². The van der Waals surface area contributed by atoms with Crippen molar-refractivity contribution in [3.8, 4) is 0 Å². The lowest BCUT2D eigenvalue weighted by Crippen LogP contribution is -2.51. The zero-order valence-electron chi connectivity index (χ0n) is 12.7. The Labute approximate surface area is 116 Å². The third-order valence-electron chi connectivity index (χ3n) is 4.07. The molecule has 0 saturated carbocycles. The molecule has 4 nitrogen and oxygen atoms in total. The van der Waals surface area contributed by atoms with Gasteiger partial charge in [0.05, 0.1) is 6.54 Å². The van der Waals surface area contributed by atoms with Crippen molar-refractivity contribution in [2.24, 2.45) is 0 Å². The molecule has 108 valence electrons. The number of furan rings is 1. The lowest BCUT2D eigenvalue weighted by molar-refractivity contribution is 0.0788. The van der Waals surface area contributed by atoms with E-state index in [0.29, 0.717) is 6.04 Å². The molecule has 19 heavy (non-hydrogen) atoms. The fourth-order valence-electron chi connectivity index (χ4n) is 2.94. The maximum Gasteiger partial charge on any atom is 0.118 e. The summed E-state index contributed by atoms with van der Waals surface area (Å²) in [6.07, 6.45) is 0. The molecule has 1 aromatic heterocycles. The van der Waals surface area contributed by atoms with Crippen molar-refractivity contribution in [1.29, 1.82) is 0 Å². The summed E-state index contributed by atoms with van der Waals surface area (Å²) in [4.78, 5) is 5.04. The van der Waals surface area contributed by atoms with E-state index >= 15 is 0 Å². The Kier molecular flexibility index (Phi) is 5.02. The van der Waals surface area contributed by atoms with E-state index in [2.05, 4.69) is 35.0 Å². The fourth-order valence-corrected chi connectivity index (χ4v) is 2.94. The van der Waals surface area contributed by atoms with Crippen LogP contribution in [-0.4, -0.2) is 49.1 Å². The third-order valence-corrected chi connectivity index (χ3v) is 4.07. The molecule has 0 aliphatic carbocycles. The topological polar surface area (TPSA) is 31.6 Å². The first-order valence-electron chi connectivity index (χ1n) is 7.33. The first-order chi connectivity index (χ1) is 9.13. The lowest BCUT2D eigenvalue weighted by Gasteiger charge is -2.38. The summed E-state index contributed by atoms with van der Waals surface area (Å²) >= 11 is 0. The predicted molar refractivity (Wildman–Crippen MR) is 78.2 cm³/mol. The molecule has 1 aliphatic rings. The van der Waals surface area contributed by atoms with Crippen LogP contribution < -0.4 is 5.32 Å². The first kappa shape index (κ1) is 14.6. The Morgan fingerprint density at radius 2 is 2.21 bits per heavy atom. The van der Waals surface area contributed by atoms with Crippen molar-refractivity contribution in [3.63, 3.8) is 0 Å². The zero-order chi connectivity index (χ0) is 13.8. The zero-order valence-corrected chi connectivity index (χ0v) is 12.7. The molecule has 1 atom stereocenters. The Hall–Kier alpha value is -0.840. The van der Waals surface area contributed by atoms with Crippen molar-refractivity contribution >= 4 is 0 Å². The van der Waals surface area contributed by atoms with Crippen molar-refractivity contribution in [2.75, 3.05) is 33.2 Å². The van der Waals surface area contributed by atoms with Crippen LogP contribution in [0.15, 0.2) is 10.5 Å². The van der Waals surface area contributed by atoms with Crippen molar-refractivity contribution < 1.29 is 4.42 Å². The van der Waals surface area contributed by atoms with Crippen LogP contribution in [0.25, 0.3) is 0 Å².